The number of rotatable bonds is 3. The molecule has 1 amide bonds. The number of anilines is 1. The number of methoxy groups -OCH3 is 1. The van der Waals surface area contributed by atoms with E-state index in [0.717, 1.165) is 0 Å². The second kappa shape index (κ2) is 6.76. The van der Waals surface area contributed by atoms with Gasteiger partial charge in [0, 0.05) is 0 Å². The predicted molar refractivity (Wildman–Crippen MR) is 85.5 cm³/mol. The van der Waals surface area contributed by atoms with Gasteiger partial charge >= 0.3 is 5.97 Å². The monoisotopic (exact) mass is 355 g/mol. The summed E-state index contributed by atoms with van der Waals surface area (Å²) in [5.74, 6) is -2.47. The Labute approximate surface area is 141 Å². The number of nitrogens with one attached hydrogen (secondary N) is 1. The third-order valence-electron chi connectivity index (χ3n) is 2.97. The van der Waals surface area contributed by atoms with Crippen LogP contribution in [0.4, 0.5) is 5.69 Å². The molecule has 0 atom stereocenters. The number of hydrogen-bond acceptors (Lipinski definition) is 5. The first-order valence-electron chi connectivity index (χ1n) is 6.24. The Hall–Kier alpha value is -2.44. The van der Waals surface area contributed by atoms with Crippen LogP contribution in [0.5, 0.6) is 11.5 Å². The molecule has 0 aliphatic heterocycles. The van der Waals surface area contributed by atoms with Gasteiger partial charge in [-0.25, -0.2) is 4.79 Å². The molecule has 0 saturated carbocycles. The second-order valence-electron chi connectivity index (χ2n) is 4.43. The van der Waals surface area contributed by atoms with Crippen LogP contribution in [0.3, 0.4) is 0 Å². The fourth-order valence-corrected chi connectivity index (χ4v) is 2.15. The van der Waals surface area contributed by atoms with Crippen LogP contribution >= 0.6 is 23.2 Å². The van der Waals surface area contributed by atoms with Crippen molar-refractivity contribution in [3.8, 4) is 11.5 Å². The summed E-state index contributed by atoms with van der Waals surface area (Å²) in [6.07, 6.45) is 0. The fraction of sp³-hybridized carbons (Fsp3) is 0.0667. The topological polar surface area (TPSA) is 95.9 Å². The molecule has 8 heteroatoms. The molecule has 0 aromatic heterocycles. The van der Waals surface area contributed by atoms with Crippen molar-refractivity contribution in [3.05, 3.63) is 51.5 Å². The number of benzene rings is 2. The standard InChI is InChI=1S/C15H11Cl2NO5/c1-23-15(22)7-2-3-8(16)10(6-7)18-14(21)12-11(19)5-4-9(17)13(12)20/h2-6,19-20H,1H3,(H,18,21). The Kier molecular flexibility index (Phi) is 4.98. The summed E-state index contributed by atoms with van der Waals surface area (Å²) < 4.78 is 4.58. The van der Waals surface area contributed by atoms with E-state index in [2.05, 4.69) is 10.1 Å². The lowest BCUT2D eigenvalue weighted by atomic mass is 10.1. The van der Waals surface area contributed by atoms with Crippen molar-refractivity contribution in [2.75, 3.05) is 12.4 Å². The minimum Gasteiger partial charge on any atom is -0.507 e. The first-order chi connectivity index (χ1) is 10.8. The van der Waals surface area contributed by atoms with Crippen LogP contribution in [-0.2, 0) is 4.74 Å². The zero-order valence-corrected chi connectivity index (χ0v) is 13.3. The number of halogens is 2. The van der Waals surface area contributed by atoms with Gasteiger partial charge in [-0.15, -0.1) is 0 Å². The van der Waals surface area contributed by atoms with E-state index in [4.69, 9.17) is 23.2 Å². The van der Waals surface area contributed by atoms with Crippen molar-refractivity contribution in [1.29, 1.82) is 0 Å². The summed E-state index contributed by atoms with van der Waals surface area (Å²) in [6, 6.07) is 6.56. The Morgan fingerprint density at radius 1 is 1.09 bits per heavy atom. The lowest BCUT2D eigenvalue weighted by Gasteiger charge is -2.11. The molecular formula is C15H11Cl2NO5. The summed E-state index contributed by atoms with van der Waals surface area (Å²) in [6.45, 7) is 0. The molecule has 0 fully saturated rings. The number of carbonyl (C=O) groups excluding carboxylic acids is 2. The van der Waals surface area contributed by atoms with E-state index in [0.29, 0.717) is 0 Å². The van der Waals surface area contributed by atoms with Crippen molar-refractivity contribution in [1.82, 2.24) is 0 Å². The number of ether oxygens (including phenoxy) is 1. The summed E-state index contributed by atoms with van der Waals surface area (Å²) in [5.41, 5.74) is -0.123. The van der Waals surface area contributed by atoms with E-state index in [9.17, 15) is 19.8 Å². The zero-order chi connectivity index (χ0) is 17.1. The minimum absolute atomic E-state index is 0.0950. The van der Waals surface area contributed by atoms with E-state index in [-0.39, 0.29) is 21.3 Å². The van der Waals surface area contributed by atoms with Gasteiger partial charge < -0.3 is 20.3 Å². The van der Waals surface area contributed by atoms with Crippen LogP contribution in [0.2, 0.25) is 10.0 Å². The van der Waals surface area contributed by atoms with E-state index in [1.165, 1.54) is 37.4 Å². The van der Waals surface area contributed by atoms with Gasteiger partial charge in [-0.2, -0.15) is 0 Å². The Bertz CT molecular complexity index is 792. The predicted octanol–water partition coefficient (Wildman–Crippen LogP) is 3.44. The molecule has 120 valence electrons. The lowest BCUT2D eigenvalue weighted by molar-refractivity contribution is 0.0600. The maximum atomic E-state index is 12.2. The van der Waals surface area contributed by atoms with E-state index >= 15 is 0 Å². The summed E-state index contributed by atoms with van der Waals surface area (Å²) in [5, 5.41) is 22.0. The van der Waals surface area contributed by atoms with Crippen LogP contribution in [-0.4, -0.2) is 29.2 Å². The average molecular weight is 356 g/mol. The molecule has 0 aliphatic rings. The van der Waals surface area contributed by atoms with Gasteiger partial charge in [-0.05, 0) is 30.3 Å². The quantitative estimate of drug-likeness (QED) is 0.732. The molecule has 0 spiro atoms. The highest BCUT2D eigenvalue weighted by Crippen LogP contribution is 2.35. The molecule has 3 N–H and O–H groups in total. The van der Waals surface area contributed by atoms with Crippen LogP contribution in [0.1, 0.15) is 20.7 Å². The molecule has 0 saturated heterocycles. The van der Waals surface area contributed by atoms with E-state index < -0.39 is 28.9 Å². The fourth-order valence-electron chi connectivity index (χ4n) is 1.83. The number of hydrogen-bond donors (Lipinski definition) is 3. The van der Waals surface area contributed by atoms with Gasteiger partial charge in [0.25, 0.3) is 5.91 Å². The smallest absolute Gasteiger partial charge is 0.337 e. The van der Waals surface area contributed by atoms with E-state index in [1.54, 1.807) is 0 Å². The zero-order valence-electron chi connectivity index (χ0n) is 11.8. The number of carbonyl (C=O) groups is 2. The number of phenols is 2. The Balaban J connectivity index is 2.38. The van der Waals surface area contributed by atoms with Gasteiger partial charge in [-0.1, -0.05) is 23.2 Å². The van der Waals surface area contributed by atoms with Gasteiger partial charge in [0.05, 0.1) is 28.4 Å². The third kappa shape index (κ3) is 3.49. The van der Waals surface area contributed by atoms with Crippen LogP contribution in [0.15, 0.2) is 30.3 Å². The van der Waals surface area contributed by atoms with Gasteiger partial charge in [0.1, 0.15) is 11.3 Å². The molecule has 6 nitrogen and oxygen atoms in total. The van der Waals surface area contributed by atoms with Crippen LogP contribution in [0, 0.1) is 0 Å². The molecule has 0 heterocycles. The van der Waals surface area contributed by atoms with Crippen LogP contribution in [0.25, 0.3) is 0 Å². The van der Waals surface area contributed by atoms with Crippen LogP contribution < -0.4 is 5.32 Å². The first kappa shape index (κ1) is 16.9. The molecule has 23 heavy (non-hydrogen) atoms. The molecule has 2 rings (SSSR count). The highest BCUT2D eigenvalue weighted by atomic mass is 35.5. The number of esters is 1. The van der Waals surface area contributed by atoms with Crippen molar-refractivity contribution in [2.45, 2.75) is 0 Å². The first-order valence-corrected chi connectivity index (χ1v) is 7.00. The highest BCUT2D eigenvalue weighted by molar-refractivity contribution is 6.34. The number of amides is 1. The Morgan fingerprint density at radius 2 is 1.74 bits per heavy atom. The number of phenolic OH excluding ortho intramolecular Hbond substituents is 2. The lowest BCUT2D eigenvalue weighted by Crippen LogP contribution is -2.13. The maximum absolute atomic E-state index is 12.2. The summed E-state index contributed by atoms with van der Waals surface area (Å²) in [4.78, 5) is 23.8. The minimum atomic E-state index is -0.841. The molecular weight excluding hydrogens is 345 g/mol. The van der Waals surface area contributed by atoms with Crippen molar-refractivity contribution in [3.63, 3.8) is 0 Å². The molecule has 2 aromatic carbocycles. The van der Waals surface area contributed by atoms with Crippen molar-refractivity contribution in [2.24, 2.45) is 0 Å². The molecule has 0 unspecified atom stereocenters. The molecule has 0 bridgehead atoms. The molecule has 0 aliphatic carbocycles. The van der Waals surface area contributed by atoms with Gasteiger partial charge in [0.2, 0.25) is 0 Å². The third-order valence-corrected chi connectivity index (χ3v) is 3.60. The Morgan fingerprint density at radius 3 is 2.39 bits per heavy atom. The second-order valence-corrected chi connectivity index (χ2v) is 5.24. The SMILES string of the molecule is COC(=O)c1ccc(Cl)c(NC(=O)c2c(O)ccc(Cl)c2O)c1. The van der Waals surface area contributed by atoms with Crippen molar-refractivity contribution < 1.29 is 24.5 Å². The van der Waals surface area contributed by atoms with Gasteiger partial charge in [0.15, 0.2) is 5.75 Å². The van der Waals surface area contributed by atoms with E-state index in [1.807, 2.05) is 0 Å². The summed E-state index contributed by atoms with van der Waals surface area (Å²) >= 11 is 11.7. The molecule has 2 aromatic rings. The van der Waals surface area contributed by atoms with Gasteiger partial charge in [-0.3, -0.25) is 4.79 Å². The summed E-state index contributed by atoms with van der Waals surface area (Å²) in [7, 11) is 1.22. The average Bonchev–Trinajstić information content (AvgIpc) is 2.52. The maximum Gasteiger partial charge on any atom is 0.337 e. The molecule has 0 radical (unpaired) electrons. The normalized spacial score (nSPS) is 10.2. The highest BCUT2D eigenvalue weighted by Gasteiger charge is 2.20. The number of aromatic hydroxyl groups is 2. The largest absolute Gasteiger partial charge is 0.507 e. The van der Waals surface area contributed by atoms with Crippen molar-refractivity contribution >= 4 is 40.8 Å².